The summed E-state index contributed by atoms with van der Waals surface area (Å²) in [7, 11) is 0. The lowest BCUT2D eigenvalue weighted by Gasteiger charge is -2.31. The molecule has 2 heterocycles. The zero-order valence-electron chi connectivity index (χ0n) is 12.2. The van der Waals surface area contributed by atoms with E-state index >= 15 is 0 Å². The van der Waals surface area contributed by atoms with Crippen molar-refractivity contribution in [3.8, 4) is 11.8 Å². The summed E-state index contributed by atoms with van der Waals surface area (Å²) in [6, 6.07) is 4.28. The van der Waals surface area contributed by atoms with Gasteiger partial charge in [-0.2, -0.15) is 0 Å². The van der Waals surface area contributed by atoms with Crippen LogP contribution in [0.3, 0.4) is 0 Å². The lowest BCUT2D eigenvalue weighted by atomic mass is 9.85. The van der Waals surface area contributed by atoms with E-state index in [1.54, 1.807) is 0 Å². The number of carbonyl (C=O) groups excluding carboxylic acids is 1. The van der Waals surface area contributed by atoms with Gasteiger partial charge < -0.3 is 10.0 Å². The molecular weight excluding hydrogens is 282 g/mol. The van der Waals surface area contributed by atoms with Crippen molar-refractivity contribution in [2.24, 2.45) is 5.92 Å². The summed E-state index contributed by atoms with van der Waals surface area (Å²) in [4.78, 5) is 16.5. The Balaban J connectivity index is 1.69. The molecule has 3 rings (SSSR count). The Labute approximate surface area is 130 Å². The van der Waals surface area contributed by atoms with Gasteiger partial charge in [0.2, 0.25) is 0 Å². The maximum Gasteiger partial charge on any atom is 0.264 e. The molecule has 1 aromatic rings. The molecule has 2 fully saturated rings. The Morgan fingerprint density at radius 1 is 1.33 bits per heavy atom. The second-order valence-electron chi connectivity index (χ2n) is 5.84. The largest absolute Gasteiger partial charge is 0.395 e. The fourth-order valence-electron chi connectivity index (χ4n) is 3.53. The van der Waals surface area contributed by atoms with E-state index in [9.17, 15) is 4.79 Å². The van der Waals surface area contributed by atoms with Crippen molar-refractivity contribution in [3.05, 3.63) is 21.9 Å². The summed E-state index contributed by atoms with van der Waals surface area (Å²) in [5.41, 5.74) is 0. The lowest BCUT2D eigenvalue weighted by molar-refractivity contribution is 0.0695. The molecule has 1 aliphatic carbocycles. The molecule has 2 aliphatic rings. The van der Waals surface area contributed by atoms with Crippen LogP contribution in [-0.4, -0.2) is 35.1 Å². The van der Waals surface area contributed by atoms with Crippen LogP contribution in [-0.2, 0) is 0 Å². The summed E-state index contributed by atoms with van der Waals surface area (Å²) in [5.74, 6) is 6.82. The van der Waals surface area contributed by atoms with Gasteiger partial charge in [-0.1, -0.05) is 24.7 Å². The third kappa shape index (κ3) is 3.14. The second-order valence-corrected chi connectivity index (χ2v) is 6.92. The minimum atomic E-state index is 0.0843. The first kappa shape index (κ1) is 14.6. The van der Waals surface area contributed by atoms with Crippen LogP contribution in [0.5, 0.6) is 0 Å². The van der Waals surface area contributed by atoms with E-state index < -0.39 is 0 Å². The first-order chi connectivity index (χ1) is 10.3. The van der Waals surface area contributed by atoms with Crippen molar-refractivity contribution in [3.63, 3.8) is 0 Å². The predicted octanol–water partition coefficient (Wildman–Crippen LogP) is 2.89. The molecule has 21 heavy (non-hydrogen) atoms. The van der Waals surface area contributed by atoms with Gasteiger partial charge in [0.1, 0.15) is 0 Å². The molecule has 0 radical (unpaired) electrons. The number of aliphatic hydroxyl groups is 1. The molecule has 1 aliphatic heterocycles. The number of fused-ring (bicyclic) bond motifs is 1. The highest BCUT2D eigenvalue weighted by atomic mass is 32.1. The zero-order valence-corrected chi connectivity index (χ0v) is 13.0. The van der Waals surface area contributed by atoms with E-state index in [0.29, 0.717) is 12.5 Å². The van der Waals surface area contributed by atoms with E-state index in [1.165, 1.54) is 43.4 Å². The molecule has 0 aromatic carbocycles. The van der Waals surface area contributed by atoms with Gasteiger partial charge in [0.05, 0.1) is 16.4 Å². The quantitative estimate of drug-likeness (QED) is 0.854. The molecule has 1 saturated heterocycles. The van der Waals surface area contributed by atoms with Crippen molar-refractivity contribution in [1.29, 1.82) is 0 Å². The van der Waals surface area contributed by atoms with Crippen LogP contribution in [0.15, 0.2) is 12.1 Å². The molecular formula is C17H21NO2S. The maximum atomic E-state index is 12.7. The van der Waals surface area contributed by atoms with Gasteiger partial charge in [-0.05, 0) is 37.3 Å². The van der Waals surface area contributed by atoms with E-state index in [-0.39, 0.29) is 12.5 Å². The fourth-order valence-corrected chi connectivity index (χ4v) is 4.36. The Morgan fingerprint density at radius 3 is 3.05 bits per heavy atom. The number of carbonyl (C=O) groups is 1. The van der Waals surface area contributed by atoms with Crippen LogP contribution in [0.1, 0.15) is 53.1 Å². The summed E-state index contributed by atoms with van der Waals surface area (Å²) < 4.78 is 0. The van der Waals surface area contributed by atoms with Gasteiger partial charge in [-0.3, -0.25) is 4.79 Å². The Kier molecular flexibility index (Phi) is 4.62. The topological polar surface area (TPSA) is 40.5 Å². The molecule has 2 atom stereocenters. The normalized spacial score (nSPS) is 24.3. The molecule has 112 valence electrons. The number of thiophene rings is 1. The minimum absolute atomic E-state index is 0.0843. The van der Waals surface area contributed by atoms with Gasteiger partial charge in [-0.15, -0.1) is 11.3 Å². The number of amides is 1. The SMILES string of the molecule is O=C(c1ccc(C#CCCO)s1)N1CCC2CCCCC21. The maximum absolute atomic E-state index is 12.7. The molecule has 1 aromatic heterocycles. The van der Waals surface area contributed by atoms with Crippen LogP contribution in [0.2, 0.25) is 0 Å². The average Bonchev–Trinajstić information content (AvgIpc) is 3.14. The van der Waals surface area contributed by atoms with Gasteiger partial charge >= 0.3 is 0 Å². The van der Waals surface area contributed by atoms with E-state index in [0.717, 1.165) is 22.2 Å². The van der Waals surface area contributed by atoms with Crippen LogP contribution in [0, 0.1) is 17.8 Å². The van der Waals surface area contributed by atoms with Crippen molar-refractivity contribution in [2.75, 3.05) is 13.2 Å². The van der Waals surface area contributed by atoms with Crippen LogP contribution in [0.4, 0.5) is 0 Å². The van der Waals surface area contributed by atoms with Crippen LogP contribution in [0.25, 0.3) is 0 Å². The highest BCUT2D eigenvalue weighted by molar-refractivity contribution is 7.14. The number of hydrogen-bond acceptors (Lipinski definition) is 3. The molecule has 0 spiro atoms. The van der Waals surface area contributed by atoms with Crippen molar-refractivity contribution in [1.82, 2.24) is 4.90 Å². The summed E-state index contributed by atoms with van der Waals surface area (Å²) in [5, 5.41) is 8.73. The van der Waals surface area contributed by atoms with Crippen LogP contribution >= 0.6 is 11.3 Å². The number of rotatable bonds is 2. The molecule has 4 heteroatoms. The van der Waals surface area contributed by atoms with Gasteiger partial charge in [0.25, 0.3) is 5.91 Å². The van der Waals surface area contributed by atoms with Crippen LogP contribution < -0.4 is 0 Å². The fraction of sp³-hybridized carbons (Fsp3) is 0.588. The molecule has 2 unspecified atom stereocenters. The Morgan fingerprint density at radius 2 is 2.19 bits per heavy atom. The number of likely N-dealkylation sites (tertiary alicyclic amines) is 1. The number of nitrogens with zero attached hydrogens (tertiary/aromatic N) is 1. The average molecular weight is 303 g/mol. The van der Waals surface area contributed by atoms with Gasteiger partial charge in [-0.25, -0.2) is 0 Å². The minimum Gasteiger partial charge on any atom is -0.395 e. The lowest BCUT2D eigenvalue weighted by Crippen LogP contribution is -2.38. The Bertz CT molecular complexity index is 569. The van der Waals surface area contributed by atoms with Crippen molar-refractivity contribution >= 4 is 17.2 Å². The van der Waals surface area contributed by atoms with Crippen molar-refractivity contribution in [2.45, 2.75) is 44.6 Å². The first-order valence-corrected chi connectivity index (χ1v) is 8.62. The molecule has 0 bridgehead atoms. The van der Waals surface area contributed by atoms with E-state index in [1.807, 2.05) is 12.1 Å². The zero-order chi connectivity index (χ0) is 14.7. The van der Waals surface area contributed by atoms with E-state index in [2.05, 4.69) is 16.7 Å². The monoisotopic (exact) mass is 303 g/mol. The molecule has 1 amide bonds. The molecule has 1 saturated carbocycles. The predicted molar refractivity (Wildman–Crippen MR) is 84.3 cm³/mol. The number of hydrogen-bond donors (Lipinski definition) is 1. The highest BCUT2D eigenvalue weighted by Gasteiger charge is 2.38. The Hall–Kier alpha value is -1.31. The van der Waals surface area contributed by atoms with Gasteiger partial charge in [0.15, 0.2) is 0 Å². The van der Waals surface area contributed by atoms with Gasteiger partial charge in [0, 0.05) is 19.0 Å². The third-order valence-corrected chi connectivity index (χ3v) is 5.52. The molecule has 1 N–H and O–H groups in total. The smallest absolute Gasteiger partial charge is 0.264 e. The second kappa shape index (κ2) is 6.64. The summed E-state index contributed by atoms with van der Waals surface area (Å²) in [6.07, 6.45) is 6.70. The number of aliphatic hydroxyl groups excluding tert-OH is 1. The third-order valence-electron chi connectivity index (χ3n) is 4.54. The summed E-state index contributed by atoms with van der Waals surface area (Å²) in [6.45, 7) is 0.999. The molecule has 3 nitrogen and oxygen atoms in total. The summed E-state index contributed by atoms with van der Waals surface area (Å²) >= 11 is 1.47. The van der Waals surface area contributed by atoms with Crippen molar-refractivity contribution < 1.29 is 9.90 Å². The first-order valence-electron chi connectivity index (χ1n) is 7.80. The van der Waals surface area contributed by atoms with E-state index in [4.69, 9.17) is 5.11 Å². The standard InChI is InChI=1S/C17H21NO2S/c19-12-4-3-6-14-8-9-16(21-14)17(20)18-11-10-13-5-1-2-7-15(13)18/h8-9,13,15,19H,1-2,4-5,7,10-12H2. The highest BCUT2D eigenvalue weighted by Crippen LogP contribution is 2.37.